The van der Waals surface area contributed by atoms with E-state index in [1.54, 1.807) is 0 Å². The van der Waals surface area contributed by atoms with Gasteiger partial charge < -0.3 is 9.72 Å². The molecule has 3 heterocycles. The predicted molar refractivity (Wildman–Crippen MR) is 106 cm³/mol. The van der Waals surface area contributed by atoms with Gasteiger partial charge in [0.05, 0.1) is 18.6 Å². The molecule has 0 bridgehead atoms. The van der Waals surface area contributed by atoms with Crippen LogP contribution in [0.25, 0.3) is 16.6 Å². The monoisotopic (exact) mass is 394 g/mol. The third-order valence-electron chi connectivity index (χ3n) is 4.26. The summed E-state index contributed by atoms with van der Waals surface area (Å²) in [6.07, 6.45) is 7.07. The number of allylic oxidation sites excluding steroid dienone is 4. The molecule has 8 heteroatoms. The number of aromatic amines is 1. The first-order valence-corrected chi connectivity index (χ1v) is 10.3. The van der Waals surface area contributed by atoms with E-state index < -0.39 is 11.0 Å². The molecule has 0 spiro atoms. The normalized spacial score (nSPS) is 19.3. The first-order chi connectivity index (χ1) is 12.7. The molecule has 4 rings (SSSR count). The van der Waals surface area contributed by atoms with E-state index in [2.05, 4.69) is 15.0 Å². The van der Waals surface area contributed by atoms with Crippen molar-refractivity contribution in [3.05, 3.63) is 40.3 Å². The van der Waals surface area contributed by atoms with Crippen LogP contribution < -0.4 is 0 Å². The van der Waals surface area contributed by atoms with Gasteiger partial charge in [-0.05, 0) is 30.6 Å². The quantitative estimate of drug-likeness (QED) is 0.806. The Balaban J connectivity index is 0.000000948. The van der Waals surface area contributed by atoms with Crippen LogP contribution in [0.1, 0.15) is 32.4 Å². The summed E-state index contributed by atoms with van der Waals surface area (Å²) < 4.78 is 19.9. The SMILES string of the molecule is CC.O=S(C1=CC=C(c2cc3c(Cl)ncnc3[nH]2)CC1)N1CCOCC1. The van der Waals surface area contributed by atoms with E-state index in [0.29, 0.717) is 18.4 Å². The number of rotatable bonds is 3. The van der Waals surface area contributed by atoms with Crippen LogP contribution in [0.15, 0.2) is 29.5 Å². The number of morpholine rings is 1. The van der Waals surface area contributed by atoms with Crippen molar-refractivity contribution in [1.82, 2.24) is 19.3 Å². The Hall–Kier alpha value is -1.54. The molecule has 1 saturated heterocycles. The van der Waals surface area contributed by atoms with Gasteiger partial charge in [-0.2, -0.15) is 0 Å². The van der Waals surface area contributed by atoms with E-state index in [0.717, 1.165) is 53.1 Å². The van der Waals surface area contributed by atoms with Gasteiger partial charge >= 0.3 is 0 Å². The van der Waals surface area contributed by atoms with Gasteiger partial charge in [-0.3, -0.25) is 0 Å². The number of halogens is 1. The van der Waals surface area contributed by atoms with E-state index in [1.165, 1.54) is 6.33 Å². The molecule has 6 nitrogen and oxygen atoms in total. The number of fused-ring (bicyclic) bond motifs is 1. The van der Waals surface area contributed by atoms with E-state index in [4.69, 9.17) is 16.3 Å². The minimum atomic E-state index is -1.07. The Morgan fingerprint density at radius 2 is 1.96 bits per heavy atom. The molecule has 1 N–H and O–H groups in total. The van der Waals surface area contributed by atoms with Crippen molar-refractivity contribution >= 4 is 39.2 Å². The van der Waals surface area contributed by atoms with Gasteiger partial charge in [-0.1, -0.05) is 31.5 Å². The minimum absolute atomic E-state index is 0.448. The third-order valence-corrected chi connectivity index (χ3v) is 6.19. The first-order valence-electron chi connectivity index (χ1n) is 8.86. The number of H-pyrrole nitrogens is 1. The van der Waals surface area contributed by atoms with Crippen molar-refractivity contribution in [3.63, 3.8) is 0 Å². The highest BCUT2D eigenvalue weighted by atomic mass is 35.5. The van der Waals surface area contributed by atoms with Gasteiger partial charge in [-0.15, -0.1) is 0 Å². The van der Waals surface area contributed by atoms with Crippen molar-refractivity contribution in [2.75, 3.05) is 26.3 Å². The summed E-state index contributed by atoms with van der Waals surface area (Å²) in [7, 11) is -1.07. The van der Waals surface area contributed by atoms with Gasteiger partial charge in [0, 0.05) is 23.7 Å². The van der Waals surface area contributed by atoms with Crippen LogP contribution in [0.4, 0.5) is 0 Å². The summed E-state index contributed by atoms with van der Waals surface area (Å²) in [5.41, 5.74) is 2.88. The van der Waals surface area contributed by atoms with Crippen LogP contribution in [-0.4, -0.2) is 49.8 Å². The summed E-state index contributed by atoms with van der Waals surface area (Å²) in [5.74, 6) is 0. The third kappa shape index (κ3) is 4.06. The van der Waals surface area contributed by atoms with E-state index in [9.17, 15) is 4.21 Å². The summed E-state index contributed by atoms with van der Waals surface area (Å²) in [5, 5.41) is 1.27. The molecule has 2 aromatic heterocycles. The van der Waals surface area contributed by atoms with E-state index >= 15 is 0 Å². The molecule has 0 radical (unpaired) electrons. The maximum absolute atomic E-state index is 12.6. The number of aromatic nitrogens is 3. The van der Waals surface area contributed by atoms with Gasteiger partial charge in [0.1, 0.15) is 28.1 Å². The number of hydrogen-bond acceptors (Lipinski definition) is 4. The summed E-state index contributed by atoms with van der Waals surface area (Å²) in [6.45, 7) is 6.74. The van der Waals surface area contributed by atoms with Crippen molar-refractivity contribution in [3.8, 4) is 0 Å². The Kier molecular flexibility index (Phi) is 6.58. The Morgan fingerprint density at radius 3 is 2.62 bits per heavy atom. The highest BCUT2D eigenvalue weighted by Crippen LogP contribution is 2.31. The molecule has 0 amide bonds. The largest absolute Gasteiger partial charge is 0.379 e. The average Bonchev–Trinajstić information content (AvgIpc) is 3.16. The number of nitrogens with zero attached hydrogens (tertiary/aromatic N) is 3. The average molecular weight is 395 g/mol. The van der Waals surface area contributed by atoms with Gasteiger partial charge in [0.25, 0.3) is 0 Å². The topological polar surface area (TPSA) is 71.1 Å². The summed E-state index contributed by atoms with van der Waals surface area (Å²) in [6, 6.07) is 1.97. The number of ether oxygens (including phenoxy) is 1. The second kappa shape index (κ2) is 8.90. The van der Waals surface area contributed by atoms with Crippen LogP contribution >= 0.6 is 11.6 Å². The molecule has 1 unspecified atom stereocenters. The molecular weight excluding hydrogens is 372 g/mol. The standard InChI is InChI=1S/C16H17ClN4O2S.C2H6/c17-15-13-9-14(20-16(13)19-10-18-15)11-1-3-12(4-2-11)24(22)21-5-7-23-8-6-21;1-2/h1,3,9-10H,2,4-8H2,(H,18,19,20);1-2H3. The van der Waals surface area contributed by atoms with Crippen LogP contribution in [0, 0.1) is 0 Å². The Labute approximate surface area is 160 Å². The first kappa shape index (κ1) is 19.2. The second-order valence-electron chi connectivity index (χ2n) is 5.73. The van der Waals surface area contributed by atoms with Gasteiger partial charge in [0.2, 0.25) is 0 Å². The lowest BCUT2D eigenvalue weighted by Gasteiger charge is -2.27. The molecule has 1 fully saturated rings. The maximum atomic E-state index is 12.6. The Morgan fingerprint density at radius 1 is 1.19 bits per heavy atom. The van der Waals surface area contributed by atoms with Crippen LogP contribution in [0.5, 0.6) is 0 Å². The smallest absolute Gasteiger partial charge is 0.142 e. The lowest BCUT2D eigenvalue weighted by Crippen LogP contribution is -2.38. The number of hydrogen-bond donors (Lipinski definition) is 1. The zero-order valence-corrected chi connectivity index (χ0v) is 16.6. The highest BCUT2D eigenvalue weighted by molar-refractivity contribution is 7.86. The van der Waals surface area contributed by atoms with Crippen molar-refractivity contribution < 1.29 is 8.95 Å². The number of nitrogens with one attached hydrogen (secondary N) is 1. The molecule has 0 saturated carbocycles. The van der Waals surface area contributed by atoms with Crippen molar-refractivity contribution in [2.45, 2.75) is 26.7 Å². The van der Waals surface area contributed by atoms with Crippen LogP contribution in [-0.2, 0) is 15.7 Å². The molecule has 2 aromatic rings. The van der Waals surface area contributed by atoms with Gasteiger partial charge in [0.15, 0.2) is 0 Å². The molecule has 2 aliphatic rings. The fourth-order valence-electron chi connectivity index (χ4n) is 2.95. The van der Waals surface area contributed by atoms with Crippen LogP contribution in [0.2, 0.25) is 5.15 Å². The molecule has 1 aliphatic heterocycles. The zero-order chi connectivity index (χ0) is 18.5. The molecule has 26 heavy (non-hydrogen) atoms. The molecular formula is C18H23ClN4O2S. The van der Waals surface area contributed by atoms with Crippen LogP contribution in [0.3, 0.4) is 0 Å². The molecule has 0 aromatic carbocycles. The Bertz CT molecular complexity index is 856. The highest BCUT2D eigenvalue weighted by Gasteiger charge is 2.22. The lowest BCUT2D eigenvalue weighted by molar-refractivity contribution is 0.0754. The minimum Gasteiger partial charge on any atom is -0.379 e. The second-order valence-corrected chi connectivity index (χ2v) is 7.62. The fourth-order valence-corrected chi connectivity index (χ4v) is 4.41. The predicted octanol–water partition coefficient (Wildman–Crippen LogP) is 3.69. The van der Waals surface area contributed by atoms with Gasteiger partial charge in [-0.25, -0.2) is 18.5 Å². The molecule has 140 valence electrons. The lowest BCUT2D eigenvalue weighted by atomic mass is 10.0. The molecule has 1 atom stereocenters. The van der Waals surface area contributed by atoms with E-state index in [1.807, 2.05) is 36.4 Å². The summed E-state index contributed by atoms with van der Waals surface area (Å²) >= 11 is 6.10. The van der Waals surface area contributed by atoms with Crippen molar-refractivity contribution in [2.24, 2.45) is 0 Å². The summed E-state index contributed by atoms with van der Waals surface area (Å²) in [4.78, 5) is 12.4. The van der Waals surface area contributed by atoms with Crippen molar-refractivity contribution in [1.29, 1.82) is 0 Å². The molecule has 1 aliphatic carbocycles. The fraction of sp³-hybridized carbons (Fsp3) is 0.444. The van der Waals surface area contributed by atoms with E-state index in [-0.39, 0.29) is 0 Å². The maximum Gasteiger partial charge on any atom is 0.142 e. The zero-order valence-electron chi connectivity index (χ0n) is 15.0.